The second kappa shape index (κ2) is 9.42. The predicted octanol–water partition coefficient (Wildman–Crippen LogP) is 4.89. The van der Waals surface area contributed by atoms with Crippen LogP contribution in [0, 0.1) is 0 Å². The molecule has 0 bridgehead atoms. The molecule has 32 heavy (non-hydrogen) atoms. The summed E-state index contributed by atoms with van der Waals surface area (Å²) in [5.41, 5.74) is 3.63. The van der Waals surface area contributed by atoms with E-state index in [1.807, 2.05) is 30.0 Å². The molecule has 1 aliphatic rings. The van der Waals surface area contributed by atoms with E-state index < -0.39 is 0 Å². The highest BCUT2D eigenvalue weighted by Crippen LogP contribution is 2.37. The van der Waals surface area contributed by atoms with Crippen molar-refractivity contribution in [1.82, 2.24) is 14.6 Å². The van der Waals surface area contributed by atoms with Gasteiger partial charge in [0.2, 0.25) is 5.88 Å². The average molecular weight is 453 g/mol. The van der Waals surface area contributed by atoms with Crippen LogP contribution >= 0.6 is 11.8 Å². The van der Waals surface area contributed by atoms with Gasteiger partial charge in [-0.2, -0.15) is 11.8 Å². The molecule has 0 amide bonds. The molecule has 4 aromatic rings. The van der Waals surface area contributed by atoms with Gasteiger partial charge >= 0.3 is 0 Å². The van der Waals surface area contributed by atoms with Gasteiger partial charge in [-0.15, -0.1) is 5.10 Å². The topological polar surface area (TPSA) is 65.0 Å². The number of fused-ring (bicyclic) bond motifs is 2. The predicted molar refractivity (Wildman–Crippen MR) is 129 cm³/mol. The first-order valence-electron chi connectivity index (χ1n) is 11.0. The molecule has 1 aliphatic heterocycles. The van der Waals surface area contributed by atoms with E-state index in [1.165, 1.54) is 12.1 Å². The summed E-state index contributed by atoms with van der Waals surface area (Å²) in [4.78, 5) is 6.95. The van der Waals surface area contributed by atoms with E-state index >= 15 is 0 Å². The van der Waals surface area contributed by atoms with Gasteiger partial charge in [0.15, 0.2) is 11.4 Å². The molecule has 0 unspecified atom stereocenters. The molecule has 168 valence electrons. The molecule has 0 aliphatic carbocycles. The van der Waals surface area contributed by atoms with E-state index in [2.05, 4.69) is 39.4 Å². The van der Waals surface area contributed by atoms with E-state index in [1.54, 1.807) is 17.8 Å². The number of imidazole rings is 1. The first kappa shape index (κ1) is 21.2. The normalized spacial score (nSPS) is 16.4. The molecule has 1 fully saturated rings. The number of thioether (sulfide) groups is 1. The summed E-state index contributed by atoms with van der Waals surface area (Å²) >= 11 is 1.82. The second-order valence-corrected chi connectivity index (χ2v) is 9.01. The van der Waals surface area contributed by atoms with Crippen molar-refractivity contribution in [1.29, 1.82) is 0 Å². The van der Waals surface area contributed by atoms with Crippen LogP contribution in [0.2, 0.25) is 0 Å². The summed E-state index contributed by atoms with van der Waals surface area (Å²) in [7, 11) is 1.77. The maximum atomic E-state index is 6.27. The van der Waals surface area contributed by atoms with Crippen molar-refractivity contribution in [3.05, 3.63) is 42.6 Å². The summed E-state index contributed by atoms with van der Waals surface area (Å²) in [5.74, 6) is 2.41. The van der Waals surface area contributed by atoms with Gasteiger partial charge in [-0.1, -0.05) is 6.07 Å². The molecule has 5 rings (SSSR count). The number of rotatable bonds is 9. The third kappa shape index (κ3) is 4.04. The Bertz CT molecular complexity index is 1200. The molecule has 3 aromatic heterocycles. The fraction of sp³-hybridized carbons (Fsp3) is 0.417. The molecule has 1 atom stereocenters. The Morgan fingerprint density at radius 1 is 1.25 bits per heavy atom. The van der Waals surface area contributed by atoms with E-state index in [9.17, 15) is 0 Å². The van der Waals surface area contributed by atoms with E-state index in [0.29, 0.717) is 18.5 Å². The quantitative estimate of drug-likeness (QED) is 0.335. The van der Waals surface area contributed by atoms with E-state index in [0.717, 1.165) is 59.8 Å². The SMILES string of the molecule is COC[C@H]1CCCN1c1cccc2oc(-c3cnc4ccc(OCCCSC)nn34)cc12. The Balaban J connectivity index is 1.48. The molecule has 0 saturated carbocycles. The summed E-state index contributed by atoms with van der Waals surface area (Å²) in [5, 5.41) is 5.76. The lowest BCUT2D eigenvalue weighted by molar-refractivity contribution is 0.181. The van der Waals surface area contributed by atoms with Gasteiger partial charge in [0.05, 0.1) is 25.5 Å². The molecule has 0 N–H and O–H groups in total. The molecule has 4 heterocycles. The number of benzene rings is 1. The van der Waals surface area contributed by atoms with Crippen LogP contribution in [0.3, 0.4) is 0 Å². The minimum absolute atomic E-state index is 0.396. The maximum Gasteiger partial charge on any atom is 0.231 e. The van der Waals surface area contributed by atoms with Gasteiger partial charge in [-0.3, -0.25) is 0 Å². The van der Waals surface area contributed by atoms with Gasteiger partial charge in [-0.25, -0.2) is 9.50 Å². The molecule has 1 saturated heterocycles. The standard InChI is InChI=1S/C24H28N4O3S/c1-29-16-17-6-4-11-27(17)19-7-3-8-21-18(19)14-22(31-21)20-15-25-23-9-10-24(26-28(20)23)30-12-5-13-32-2/h3,7-10,14-15,17H,4-6,11-13,16H2,1-2H3/t17-/m1/s1. The molecular formula is C24H28N4O3S. The van der Waals surface area contributed by atoms with Gasteiger partial charge < -0.3 is 18.8 Å². The zero-order chi connectivity index (χ0) is 21.9. The van der Waals surface area contributed by atoms with Crippen molar-refractivity contribution in [2.75, 3.05) is 43.8 Å². The van der Waals surface area contributed by atoms with Crippen LogP contribution < -0.4 is 9.64 Å². The zero-order valence-corrected chi connectivity index (χ0v) is 19.3. The van der Waals surface area contributed by atoms with Gasteiger partial charge in [0, 0.05) is 30.8 Å². The highest BCUT2D eigenvalue weighted by Gasteiger charge is 2.27. The monoisotopic (exact) mass is 452 g/mol. The summed E-state index contributed by atoms with van der Waals surface area (Å²) < 4.78 is 19.4. The Morgan fingerprint density at radius 2 is 2.19 bits per heavy atom. The molecule has 8 heteroatoms. The number of furan rings is 1. The van der Waals surface area contributed by atoms with E-state index in [4.69, 9.17) is 13.9 Å². The number of aromatic nitrogens is 3. The lowest BCUT2D eigenvalue weighted by Gasteiger charge is -2.26. The third-order valence-corrected chi connectivity index (χ3v) is 6.61. The minimum Gasteiger partial charge on any atom is -0.477 e. The largest absolute Gasteiger partial charge is 0.477 e. The van der Waals surface area contributed by atoms with E-state index in [-0.39, 0.29) is 0 Å². The van der Waals surface area contributed by atoms with Crippen molar-refractivity contribution in [3.63, 3.8) is 0 Å². The number of anilines is 1. The fourth-order valence-corrected chi connectivity index (χ4v) is 4.83. The Kier molecular flexibility index (Phi) is 6.23. The highest BCUT2D eigenvalue weighted by molar-refractivity contribution is 7.98. The molecule has 1 aromatic carbocycles. The van der Waals surface area contributed by atoms with Crippen LogP contribution in [0.1, 0.15) is 19.3 Å². The minimum atomic E-state index is 0.396. The Hall–Kier alpha value is -2.71. The van der Waals surface area contributed by atoms with Gasteiger partial charge in [-0.05, 0) is 55.5 Å². The van der Waals surface area contributed by atoms with Crippen molar-refractivity contribution in [3.8, 4) is 17.3 Å². The lowest BCUT2D eigenvalue weighted by Crippen LogP contribution is -2.32. The lowest BCUT2D eigenvalue weighted by atomic mass is 10.1. The van der Waals surface area contributed by atoms with Crippen LogP contribution in [0.4, 0.5) is 5.69 Å². The van der Waals surface area contributed by atoms with Gasteiger partial charge in [0.25, 0.3) is 0 Å². The van der Waals surface area contributed by atoms with Crippen molar-refractivity contribution < 1.29 is 13.9 Å². The first-order valence-corrected chi connectivity index (χ1v) is 12.4. The maximum absolute atomic E-state index is 6.27. The van der Waals surface area contributed by atoms with Crippen LogP contribution in [0.5, 0.6) is 5.88 Å². The zero-order valence-electron chi connectivity index (χ0n) is 18.5. The Morgan fingerprint density at radius 3 is 3.06 bits per heavy atom. The average Bonchev–Trinajstić information content (AvgIpc) is 3.54. The fourth-order valence-electron chi connectivity index (χ4n) is 4.42. The molecule has 0 radical (unpaired) electrons. The van der Waals surface area contributed by atoms with Crippen molar-refractivity contribution in [2.45, 2.75) is 25.3 Å². The molecule has 0 spiro atoms. The highest BCUT2D eigenvalue weighted by atomic mass is 32.2. The first-order chi connectivity index (χ1) is 15.8. The van der Waals surface area contributed by atoms with Crippen LogP contribution in [-0.2, 0) is 4.74 Å². The van der Waals surface area contributed by atoms with Crippen LogP contribution in [-0.4, -0.2) is 59.5 Å². The van der Waals surface area contributed by atoms with Crippen molar-refractivity contribution in [2.24, 2.45) is 0 Å². The second-order valence-electron chi connectivity index (χ2n) is 8.02. The molecular weight excluding hydrogens is 424 g/mol. The van der Waals surface area contributed by atoms with Crippen LogP contribution in [0.15, 0.2) is 47.0 Å². The molecule has 7 nitrogen and oxygen atoms in total. The summed E-state index contributed by atoms with van der Waals surface area (Å²) in [6.07, 6.45) is 7.21. The number of hydrogen-bond donors (Lipinski definition) is 0. The summed E-state index contributed by atoms with van der Waals surface area (Å²) in [6, 6.07) is 12.5. The van der Waals surface area contributed by atoms with Gasteiger partial charge in [0.1, 0.15) is 11.3 Å². The summed E-state index contributed by atoms with van der Waals surface area (Å²) in [6.45, 7) is 2.41. The van der Waals surface area contributed by atoms with Crippen LogP contribution in [0.25, 0.3) is 28.1 Å². The Labute approximate surface area is 191 Å². The number of ether oxygens (including phenoxy) is 2. The third-order valence-electron chi connectivity index (χ3n) is 5.92. The number of hydrogen-bond acceptors (Lipinski definition) is 7. The van der Waals surface area contributed by atoms with Crippen molar-refractivity contribution >= 4 is 34.1 Å². The number of methoxy groups -OCH3 is 1. The smallest absolute Gasteiger partial charge is 0.231 e. The number of nitrogens with zero attached hydrogens (tertiary/aromatic N) is 4.